The Morgan fingerprint density at radius 1 is 1.03 bits per heavy atom. The highest BCUT2D eigenvalue weighted by molar-refractivity contribution is 6.06. The van der Waals surface area contributed by atoms with E-state index in [0.717, 1.165) is 18.2 Å². The average Bonchev–Trinajstić information content (AvgIpc) is 3.02. The van der Waals surface area contributed by atoms with Crippen LogP contribution in [0.1, 0.15) is 26.4 Å². The Kier molecular flexibility index (Phi) is 5.96. The molecule has 0 aliphatic heterocycles. The molecule has 7 nitrogen and oxygen atoms in total. The molecule has 0 atom stereocenters. The van der Waals surface area contributed by atoms with Gasteiger partial charge in [-0.2, -0.15) is 0 Å². The number of fused-ring (bicyclic) bond motifs is 1. The number of halogens is 2. The number of pyridine rings is 1. The summed E-state index contributed by atoms with van der Waals surface area (Å²) in [6.45, 7) is 1.73. The zero-order chi connectivity index (χ0) is 22.7. The Morgan fingerprint density at radius 2 is 1.77 bits per heavy atom. The number of carboxylic acid groups (broad SMARTS) is 1. The number of aromatic carboxylic acids is 1. The van der Waals surface area contributed by atoms with E-state index in [1.165, 1.54) is 12.1 Å². The van der Waals surface area contributed by atoms with Crippen molar-refractivity contribution in [3.63, 3.8) is 0 Å². The summed E-state index contributed by atoms with van der Waals surface area (Å²) in [6, 6.07) is 12.9. The van der Waals surface area contributed by atoms with Crippen molar-refractivity contribution in [2.75, 3.05) is 0 Å². The number of carboxylic acids is 1. The van der Waals surface area contributed by atoms with Gasteiger partial charge in [-0.15, -0.1) is 0 Å². The molecule has 2 heterocycles. The zero-order valence-electron chi connectivity index (χ0n) is 16.2. The molecule has 1 amide bonds. The SMILES string of the molecule is Cc1c(C(=O)O)c2cc(O)ccc2n1-c1ccccn1.NC(=O)c1ccc(F)c(F)c1. The highest BCUT2D eigenvalue weighted by Crippen LogP contribution is 2.31. The molecule has 0 aliphatic rings. The van der Waals surface area contributed by atoms with Crippen LogP contribution in [0.4, 0.5) is 8.78 Å². The van der Waals surface area contributed by atoms with Gasteiger partial charge in [-0.1, -0.05) is 6.07 Å². The number of rotatable bonds is 3. The molecule has 4 N–H and O–H groups in total. The lowest BCUT2D eigenvalue weighted by atomic mass is 10.1. The van der Waals surface area contributed by atoms with Gasteiger partial charge in [0.05, 0.1) is 11.1 Å². The van der Waals surface area contributed by atoms with E-state index in [9.17, 15) is 28.6 Å². The largest absolute Gasteiger partial charge is 0.508 e. The van der Waals surface area contributed by atoms with E-state index < -0.39 is 23.5 Å². The van der Waals surface area contributed by atoms with Gasteiger partial charge in [0, 0.05) is 22.8 Å². The standard InChI is InChI=1S/C15H12N2O3.C7H5F2NO/c1-9-14(15(19)20)11-8-10(18)5-6-12(11)17(9)13-4-2-3-7-16-13;8-5-2-1-4(7(10)11)3-6(5)9/h2-8,18H,1H3,(H,19,20);1-3H,(H2,10,11). The first-order chi connectivity index (χ1) is 14.7. The maximum absolute atomic E-state index is 12.4. The summed E-state index contributed by atoms with van der Waals surface area (Å²) in [5.41, 5.74) is 6.23. The number of aromatic nitrogens is 2. The molecule has 0 aliphatic carbocycles. The van der Waals surface area contributed by atoms with Crippen LogP contribution in [0.15, 0.2) is 60.8 Å². The smallest absolute Gasteiger partial charge is 0.338 e. The molecule has 0 spiro atoms. The monoisotopic (exact) mass is 425 g/mol. The van der Waals surface area contributed by atoms with Crippen LogP contribution >= 0.6 is 0 Å². The summed E-state index contributed by atoms with van der Waals surface area (Å²) in [6.07, 6.45) is 1.65. The summed E-state index contributed by atoms with van der Waals surface area (Å²) in [4.78, 5) is 26.1. The normalized spacial score (nSPS) is 10.4. The van der Waals surface area contributed by atoms with E-state index >= 15 is 0 Å². The van der Waals surface area contributed by atoms with Crippen LogP contribution in [-0.4, -0.2) is 31.6 Å². The van der Waals surface area contributed by atoms with Crippen molar-refractivity contribution in [2.24, 2.45) is 5.73 Å². The Bertz CT molecular complexity index is 1290. The Hall–Kier alpha value is -4.27. The number of amides is 1. The van der Waals surface area contributed by atoms with Gasteiger partial charge in [0.2, 0.25) is 5.91 Å². The number of carbonyl (C=O) groups is 2. The number of hydrogen-bond acceptors (Lipinski definition) is 4. The van der Waals surface area contributed by atoms with Crippen molar-refractivity contribution >= 4 is 22.8 Å². The van der Waals surface area contributed by atoms with Gasteiger partial charge in [-0.05, 0) is 55.5 Å². The van der Waals surface area contributed by atoms with Crippen molar-refractivity contribution in [2.45, 2.75) is 6.92 Å². The second-order valence-corrected chi connectivity index (χ2v) is 6.48. The molecule has 4 aromatic rings. The minimum absolute atomic E-state index is 0.0381. The molecule has 0 fully saturated rings. The minimum atomic E-state index is -1.07. The van der Waals surface area contributed by atoms with E-state index in [4.69, 9.17) is 5.73 Å². The van der Waals surface area contributed by atoms with Crippen LogP contribution in [0.2, 0.25) is 0 Å². The number of phenolic OH excluding ortho intramolecular Hbond substituents is 1. The number of hydrogen-bond donors (Lipinski definition) is 3. The van der Waals surface area contributed by atoms with Gasteiger partial charge in [-0.25, -0.2) is 18.6 Å². The first-order valence-electron chi connectivity index (χ1n) is 8.94. The Labute approximate surface area is 175 Å². The summed E-state index contributed by atoms with van der Waals surface area (Å²) < 4.78 is 26.4. The van der Waals surface area contributed by atoms with Crippen molar-refractivity contribution < 1.29 is 28.6 Å². The Balaban J connectivity index is 0.000000210. The highest BCUT2D eigenvalue weighted by Gasteiger charge is 2.20. The van der Waals surface area contributed by atoms with Crippen LogP contribution < -0.4 is 5.73 Å². The summed E-state index contributed by atoms with van der Waals surface area (Å²) in [5, 5.41) is 19.5. The second kappa shape index (κ2) is 8.62. The number of benzene rings is 2. The van der Waals surface area contributed by atoms with E-state index in [-0.39, 0.29) is 16.9 Å². The van der Waals surface area contributed by atoms with E-state index in [0.29, 0.717) is 22.4 Å². The topological polar surface area (TPSA) is 118 Å². The summed E-state index contributed by atoms with van der Waals surface area (Å²) in [7, 11) is 0. The lowest BCUT2D eigenvalue weighted by molar-refractivity contribution is 0.0698. The van der Waals surface area contributed by atoms with Gasteiger partial charge in [-0.3, -0.25) is 9.36 Å². The van der Waals surface area contributed by atoms with Crippen LogP contribution in [0.5, 0.6) is 5.75 Å². The molecule has 0 unspecified atom stereocenters. The van der Waals surface area contributed by atoms with Gasteiger partial charge in [0.15, 0.2) is 11.6 Å². The van der Waals surface area contributed by atoms with Crippen molar-refractivity contribution in [3.05, 3.63) is 89.2 Å². The third kappa shape index (κ3) is 4.35. The molecule has 4 rings (SSSR count). The molecular formula is C22H17F2N3O4. The quantitative estimate of drug-likeness (QED) is 0.461. The number of nitrogens with two attached hydrogens (primary N) is 1. The third-order valence-electron chi connectivity index (χ3n) is 4.48. The zero-order valence-corrected chi connectivity index (χ0v) is 16.2. The maximum Gasteiger partial charge on any atom is 0.338 e. The minimum Gasteiger partial charge on any atom is -0.508 e. The molecule has 9 heteroatoms. The van der Waals surface area contributed by atoms with Crippen molar-refractivity contribution in [1.29, 1.82) is 0 Å². The van der Waals surface area contributed by atoms with Crippen molar-refractivity contribution in [3.8, 4) is 11.6 Å². The van der Waals surface area contributed by atoms with Crippen molar-refractivity contribution in [1.82, 2.24) is 9.55 Å². The first kappa shape index (κ1) is 21.4. The average molecular weight is 425 g/mol. The van der Waals surface area contributed by atoms with Gasteiger partial charge >= 0.3 is 5.97 Å². The lowest BCUT2D eigenvalue weighted by Crippen LogP contribution is -2.11. The number of nitrogens with zero attached hydrogens (tertiary/aromatic N) is 2. The molecule has 31 heavy (non-hydrogen) atoms. The van der Waals surface area contributed by atoms with Crippen LogP contribution in [0.3, 0.4) is 0 Å². The molecule has 158 valence electrons. The van der Waals surface area contributed by atoms with E-state index in [1.54, 1.807) is 29.8 Å². The van der Waals surface area contributed by atoms with Crippen LogP contribution in [0, 0.1) is 18.6 Å². The fourth-order valence-electron chi connectivity index (χ4n) is 3.11. The van der Waals surface area contributed by atoms with E-state index in [2.05, 4.69) is 4.98 Å². The third-order valence-corrected chi connectivity index (χ3v) is 4.48. The summed E-state index contributed by atoms with van der Waals surface area (Å²) >= 11 is 0. The molecule has 0 radical (unpaired) electrons. The van der Waals surface area contributed by atoms with Gasteiger partial charge in [0.1, 0.15) is 11.6 Å². The predicted octanol–water partition coefficient (Wildman–Crippen LogP) is 3.80. The second-order valence-electron chi connectivity index (χ2n) is 6.48. The Morgan fingerprint density at radius 3 is 2.35 bits per heavy atom. The lowest BCUT2D eigenvalue weighted by Gasteiger charge is -2.06. The maximum atomic E-state index is 12.4. The summed E-state index contributed by atoms with van der Waals surface area (Å²) in [5.74, 6) is -3.17. The molecular weight excluding hydrogens is 408 g/mol. The van der Waals surface area contributed by atoms with Crippen LogP contribution in [0.25, 0.3) is 16.7 Å². The fourth-order valence-corrected chi connectivity index (χ4v) is 3.11. The van der Waals surface area contributed by atoms with E-state index in [1.807, 2.05) is 12.1 Å². The number of phenols is 1. The molecule has 0 saturated carbocycles. The molecule has 0 bridgehead atoms. The molecule has 0 saturated heterocycles. The number of carbonyl (C=O) groups excluding carboxylic acids is 1. The number of primary amides is 1. The van der Waals surface area contributed by atoms with Crippen LogP contribution in [-0.2, 0) is 0 Å². The molecule has 2 aromatic heterocycles. The van der Waals surface area contributed by atoms with Gasteiger partial charge in [0.25, 0.3) is 0 Å². The highest BCUT2D eigenvalue weighted by atomic mass is 19.2. The van der Waals surface area contributed by atoms with Gasteiger partial charge < -0.3 is 15.9 Å². The predicted molar refractivity (Wildman–Crippen MR) is 109 cm³/mol. The number of aromatic hydroxyl groups is 1. The first-order valence-corrected chi connectivity index (χ1v) is 8.94. The fraction of sp³-hybridized carbons (Fsp3) is 0.0455. The molecule has 2 aromatic carbocycles.